The number of benzene rings is 1. The fourth-order valence-electron chi connectivity index (χ4n) is 1.69. The molecule has 1 saturated heterocycles. The van der Waals surface area contributed by atoms with Crippen LogP contribution >= 0.6 is 11.6 Å². The van der Waals surface area contributed by atoms with E-state index in [0.717, 1.165) is 6.29 Å². The Labute approximate surface area is 102 Å². The van der Waals surface area contributed by atoms with Crippen molar-refractivity contribution in [2.75, 3.05) is 13.2 Å². The van der Waals surface area contributed by atoms with Gasteiger partial charge in [0.2, 0.25) is 0 Å². The number of aldehydes is 1. The van der Waals surface area contributed by atoms with E-state index in [9.17, 15) is 4.79 Å². The van der Waals surface area contributed by atoms with Gasteiger partial charge in [-0.25, -0.2) is 0 Å². The van der Waals surface area contributed by atoms with Crippen LogP contribution in [0.25, 0.3) is 11.0 Å². The molecule has 0 amide bonds. The number of carbonyl (C=O) groups is 1. The summed E-state index contributed by atoms with van der Waals surface area (Å²) in [4.78, 5) is 11.0. The predicted octanol–water partition coefficient (Wildman–Crippen LogP) is 2.68. The van der Waals surface area contributed by atoms with Crippen LogP contribution in [0.2, 0.25) is 5.02 Å². The maximum absolute atomic E-state index is 11.0. The minimum absolute atomic E-state index is 0.132. The quantitative estimate of drug-likeness (QED) is 0.620. The van der Waals surface area contributed by atoms with Gasteiger partial charge in [0.25, 0.3) is 0 Å². The van der Waals surface area contributed by atoms with Crippen LogP contribution in [0.5, 0.6) is 5.75 Å². The molecule has 0 unspecified atom stereocenters. The lowest BCUT2D eigenvalue weighted by atomic mass is 10.1. The molecule has 2 heterocycles. The molecular weight excluding hydrogens is 244 g/mol. The predicted molar refractivity (Wildman–Crippen MR) is 61.8 cm³/mol. The van der Waals surface area contributed by atoms with Crippen molar-refractivity contribution in [2.24, 2.45) is 0 Å². The molecule has 17 heavy (non-hydrogen) atoms. The first kappa shape index (κ1) is 10.6. The average Bonchev–Trinajstić information content (AvgIpc) is 3.02. The van der Waals surface area contributed by atoms with E-state index in [4.69, 9.17) is 25.5 Å². The molecule has 0 bridgehead atoms. The topological polar surface area (TPSA) is 52.0 Å². The summed E-state index contributed by atoms with van der Waals surface area (Å²) in [7, 11) is 0. The van der Waals surface area contributed by atoms with Crippen molar-refractivity contribution in [1.29, 1.82) is 0 Å². The second-order valence-electron chi connectivity index (χ2n) is 3.82. The SMILES string of the molecule is O=Cc1cc(Cl)c2occc2c1OC[C@H]1CO1. The van der Waals surface area contributed by atoms with Crippen LogP contribution in [-0.2, 0) is 4.74 Å². The summed E-state index contributed by atoms with van der Waals surface area (Å²) in [5.74, 6) is 0.503. The molecule has 0 saturated carbocycles. The van der Waals surface area contributed by atoms with Gasteiger partial charge in [-0.1, -0.05) is 11.6 Å². The minimum Gasteiger partial charge on any atom is -0.489 e. The summed E-state index contributed by atoms with van der Waals surface area (Å²) in [5.41, 5.74) is 0.952. The van der Waals surface area contributed by atoms with E-state index in [1.807, 2.05) is 0 Å². The van der Waals surface area contributed by atoms with Crippen molar-refractivity contribution in [3.63, 3.8) is 0 Å². The molecule has 1 aliphatic heterocycles. The van der Waals surface area contributed by atoms with E-state index in [1.54, 1.807) is 12.1 Å². The third kappa shape index (κ3) is 1.90. The number of hydrogen-bond donors (Lipinski definition) is 0. The number of rotatable bonds is 4. The summed E-state index contributed by atoms with van der Waals surface area (Å²) in [6.07, 6.45) is 2.37. The molecule has 1 aromatic carbocycles. The first-order chi connectivity index (χ1) is 8.29. The zero-order valence-electron chi connectivity index (χ0n) is 8.81. The summed E-state index contributed by atoms with van der Waals surface area (Å²) in [5, 5.41) is 1.11. The molecule has 5 heteroatoms. The molecule has 88 valence electrons. The molecule has 4 nitrogen and oxygen atoms in total. The van der Waals surface area contributed by atoms with Gasteiger partial charge in [-0.05, 0) is 12.1 Å². The lowest BCUT2D eigenvalue weighted by molar-refractivity contribution is 0.111. The summed E-state index contributed by atoms with van der Waals surface area (Å²) < 4.78 is 15.9. The molecule has 1 fully saturated rings. The van der Waals surface area contributed by atoms with Crippen molar-refractivity contribution in [2.45, 2.75) is 6.10 Å². The van der Waals surface area contributed by atoms with Gasteiger partial charge in [-0.3, -0.25) is 4.79 Å². The number of ether oxygens (including phenoxy) is 2. The van der Waals surface area contributed by atoms with Crippen molar-refractivity contribution in [3.8, 4) is 5.75 Å². The van der Waals surface area contributed by atoms with E-state index in [1.165, 1.54) is 6.26 Å². The molecule has 2 aromatic rings. The molecule has 1 atom stereocenters. The molecule has 0 aliphatic carbocycles. The van der Waals surface area contributed by atoms with Gasteiger partial charge in [0.1, 0.15) is 18.5 Å². The van der Waals surface area contributed by atoms with Gasteiger partial charge in [0.15, 0.2) is 11.9 Å². The van der Waals surface area contributed by atoms with Crippen molar-refractivity contribution >= 4 is 28.9 Å². The maximum atomic E-state index is 11.0. The number of fused-ring (bicyclic) bond motifs is 1. The molecule has 0 N–H and O–H groups in total. The summed E-state index contributed by atoms with van der Waals surface area (Å²) in [6, 6.07) is 3.28. The number of epoxide rings is 1. The first-order valence-electron chi connectivity index (χ1n) is 5.19. The molecule has 0 spiro atoms. The van der Waals surface area contributed by atoms with Crippen molar-refractivity contribution in [3.05, 3.63) is 29.0 Å². The molecular formula is C12H9ClO4. The van der Waals surface area contributed by atoms with E-state index in [-0.39, 0.29) is 6.10 Å². The third-order valence-electron chi connectivity index (χ3n) is 2.61. The highest BCUT2D eigenvalue weighted by molar-refractivity contribution is 6.35. The Morgan fingerprint density at radius 1 is 1.59 bits per heavy atom. The normalized spacial score (nSPS) is 18.3. The van der Waals surface area contributed by atoms with Gasteiger partial charge < -0.3 is 13.9 Å². The Morgan fingerprint density at radius 3 is 3.12 bits per heavy atom. The van der Waals surface area contributed by atoms with E-state index in [0.29, 0.717) is 40.5 Å². The highest BCUT2D eigenvalue weighted by Crippen LogP contribution is 2.35. The van der Waals surface area contributed by atoms with E-state index >= 15 is 0 Å². The second-order valence-corrected chi connectivity index (χ2v) is 4.23. The third-order valence-corrected chi connectivity index (χ3v) is 2.89. The smallest absolute Gasteiger partial charge is 0.156 e. The number of carbonyl (C=O) groups excluding carboxylic acids is 1. The molecule has 1 aliphatic rings. The Balaban J connectivity index is 2.07. The van der Waals surface area contributed by atoms with Crippen LogP contribution < -0.4 is 4.74 Å². The Bertz CT molecular complexity index is 571. The molecule has 3 rings (SSSR count). The monoisotopic (exact) mass is 252 g/mol. The van der Waals surface area contributed by atoms with E-state index < -0.39 is 0 Å². The summed E-state index contributed by atoms with van der Waals surface area (Å²) >= 11 is 6.00. The number of hydrogen-bond acceptors (Lipinski definition) is 4. The van der Waals surface area contributed by atoms with Gasteiger partial charge in [0.05, 0.1) is 28.8 Å². The van der Waals surface area contributed by atoms with Crippen molar-refractivity contribution < 1.29 is 18.7 Å². The zero-order valence-corrected chi connectivity index (χ0v) is 9.57. The molecule has 0 radical (unpaired) electrons. The minimum atomic E-state index is 0.132. The van der Waals surface area contributed by atoms with Crippen LogP contribution in [0.3, 0.4) is 0 Å². The highest BCUT2D eigenvalue weighted by atomic mass is 35.5. The first-order valence-corrected chi connectivity index (χ1v) is 5.56. The van der Waals surface area contributed by atoms with Gasteiger partial charge in [-0.15, -0.1) is 0 Å². The Morgan fingerprint density at radius 2 is 2.41 bits per heavy atom. The zero-order chi connectivity index (χ0) is 11.8. The van der Waals surface area contributed by atoms with Gasteiger partial charge in [0, 0.05) is 0 Å². The van der Waals surface area contributed by atoms with Crippen LogP contribution in [-0.4, -0.2) is 25.6 Å². The second kappa shape index (κ2) is 4.05. The highest BCUT2D eigenvalue weighted by Gasteiger charge is 2.24. The lowest BCUT2D eigenvalue weighted by Gasteiger charge is -2.08. The number of halogens is 1. The van der Waals surface area contributed by atoms with Crippen LogP contribution in [0.4, 0.5) is 0 Å². The van der Waals surface area contributed by atoms with Crippen molar-refractivity contribution in [1.82, 2.24) is 0 Å². The standard InChI is InChI=1S/C12H9ClO4/c13-10-3-7(4-14)11(17-6-8-5-16-8)9-1-2-15-12(9)10/h1-4,8H,5-6H2/t8-/m1/s1. The van der Waals surface area contributed by atoms with E-state index in [2.05, 4.69) is 0 Å². The average molecular weight is 253 g/mol. The largest absolute Gasteiger partial charge is 0.489 e. The van der Waals surface area contributed by atoms with Crippen LogP contribution in [0.15, 0.2) is 22.8 Å². The fourth-order valence-corrected chi connectivity index (χ4v) is 1.95. The maximum Gasteiger partial charge on any atom is 0.156 e. The van der Waals surface area contributed by atoms with Gasteiger partial charge in [-0.2, -0.15) is 0 Å². The Kier molecular flexibility index (Phi) is 2.53. The molecule has 1 aromatic heterocycles. The van der Waals surface area contributed by atoms with Gasteiger partial charge >= 0.3 is 0 Å². The number of furan rings is 1. The fraction of sp³-hybridized carbons (Fsp3) is 0.250. The lowest BCUT2D eigenvalue weighted by Crippen LogP contribution is -2.06. The van der Waals surface area contributed by atoms with Crippen LogP contribution in [0, 0.1) is 0 Å². The summed E-state index contributed by atoms with van der Waals surface area (Å²) in [6.45, 7) is 1.14. The van der Waals surface area contributed by atoms with Crippen LogP contribution in [0.1, 0.15) is 10.4 Å². The Hall–Kier alpha value is -1.52.